The summed E-state index contributed by atoms with van der Waals surface area (Å²) in [5, 5.41) is 7.69. The minimum Gasteiger partial charge on any atom is -0.322 e. The highest BCUT2D eigenvalue weighted by Crippen LogP contribution is 2.18. The number of anilines is 2. The molecule has 1 fully saturated rings. The highest BCUT2D eigenvalue weighted by molar-refractivity contribution is 7.12. The van der Waals surface area contributed by atoms with E-state index in [0.29, 0.717) is 29.3 Å². The number of carbonyl (C=O) groups excluding carboxylic acids is 2. The number of nitrogens with one attached hydrogen (secondary N) is 2. The van der Waals surface area contributed by atoms with Crippen molar-refractivity contribution in [1.82, 2.24) is 9.80 Å². The van der Waals surface area contributed by atoms with Crippen molar-refractivity contribution >= 4 is 34.6 Å². The first-order valence-electron chi connectivity index (χ1n) is 10.4. The fraction of sp³-hybridized carbons (Fsp3) is 0.250. The highest BCUT2D eigenvalue weighted by Gasteiger charge is 2.21. The van der Waals surface area contributed by atoms with Crippen LogP contribution in [0.3, 0.4) is 0 Å². The number of thiophene rings is 1. The van der Waals surface area contributed by atoms with Gasteiger partial charge in [-0.05, 0) is 41.6 Å². The fourth-order valence-electron chi connectivity index (χ4n) is 3.58. The van der Waals surface area contributed by atoms with E-state index in [-0.39, 0.29) is 11.9 Å². The van der Waals surface area contributed by atoms with Crippen molar-refractivity contribution in [3.8, 4) is 0 Å². The van der Waals surface area contributed by atoms with Crippen LogP contribution in [0.5, 0.6) is 0 Å². The van der Waals surface area contributed by atoms with Crippen LogP contribution in [-0.2, 0) is 6.42 Å². The van der Waals surface area contributed by atoms with Gasteiger partial charge in [0.05, 0.1) is 4.88 Å². The molecule has 160 valence electrons. The third kappa shape index (κ3) is 5.93. The quantitative estimate of drug-likeness (QED) is 0.605. The molecule has 6 nitrogen and oxygen atoms in total. The molecule has 0 radical (unpaired) electrons. The van der Waals surface area contributed by atoms with Crippen LogP contribution in [0, 0.1) is 0 Å². The van der Waals surface area contributed by atoms with Crippen molar-refractivity contribution in [3.63, 3.8) is 0 Å². The lowest BCUT2D eigenvalue weighted by Gasteiger charge is -2.34. The number of benzene rings is 2. The predicted octanol–water partition coefficient (Wildman–Crippen LogP) is 4.39. The second-order valence-electron chi connectivity index (χ2n) is 7.51. The van der Waals surface area contributed by atoms with E-state index in [0.717, 1.165) is 26.1 Å². The van der Waals surface area contributed by atoms with Gasteiger partial charge < -0.3 is 15.5 Å². The van der Waals surface area contributed by atoms with Crippen molar-refractivity contribution < 1.29 is 9.59 Å². The monoisotopic (exact) mass is 434 g/mol. The maximum atomic E-state index is 12.7. The third-order valence-corrected chi connectivity index (χ3v) is 6.20. The molecule has 3 amide bonds. The molecule has 1 saturated heterocycles. The van der Waals surface area contributed by atoms with E-state index >= 15 is 0 Å². The molecule has 3 aromatic rings. The summed E-state index contributed by atoms with van der Waals surface area (Å²) in [6.45, 7) is 4.16. The molecule has 0 aliphatic carbocycles. The van der Waals surface area contributed by atoms with Crippen molar-refractivity contribution in [1.29, 1.82) is 0 Å². The molecular weight excluding hydrogens is 408 g/mol. The van der Waals surface area contributed by atoms with Gasteiger partial charge in [-0.2, -0.15) is 0 Å². The van der Waals surface area contributed by atoms with E-state index in [1.807, 2.05) is 40.6 Å². The molecule has 0 bridgehead atoms. The lowest BCUT2D eigenvalue weighted by molar-refractivity contribution is 0.103. The largest absolute Gasteiger partial charge is 0.322 e. The van der Waals surface area contributed by atoms with Gasteiger partial charge in [0.1, 0.15) is 0 Å². The van der Waals surface area contributed by atoms with E-state index in [4.69, 9.17) is 0 Å². The molecule has 0 spiro atoms. The predicted molar refractivity (Wildman–Crippen MR) is 126 cm³/mol. The Morgan fingerprint density at radius 3 is 2.29 bits per heavy atom. The van der Waals surface area contributed by atoms with Crippen LogP contribution in [0.15, 0.2) is 72.1 Å². The summed E-state index contributed by atoms with van der Waals surface area (Å²) < 4.78 is 0. The minimum atomic E-state index is -0.148. The van der Waals surface area contributed by atoms with Gasteiger partial charge in [-0.3, -0.25) is 9.69 Å². The fourth-order valence-corrected chi connectivity index (χ4v) is 4.20. The summed E-state index contributed by atoms with van der Waals surface area (Å²) in [7, 11) is 0. The summed E-state index contributed by atoms with van der Waals surface area (Å²) in [4.78, 5) is 29.8. The number of nitrogens with zero attached hydrogens (tertiary/aromatic N) is 2. The Morgan fingerprint density at radius 2 is 1.58 bits per heavy atom. The molecule has 1 aliphatic rings. The molecule has 2 heterocycles. The Kier molecular flexibility index (Phi) is 6.96. The van der Waals surface area contributed by atoms with Crippen LogP contribution < -0.4 is 10.6 Å². The van der Waals surface area contributed by atoms with Crippen LogP contribution in [0.2, 0.25) is 0 Å². The first kappa shape index (κ1) is 21.1. The van der Waals surface area contributed by atoms with E-state index in [1.165, 1.54) is 16.9 Å². The van der Waals surface area contributed by atoms with Crippen LogP contribution >= 0.6 is 11.3 Å². The van der Waals surface area contributed by atoms with Gasteiger partial charge in [0.25, 0.3) is 5.91 Å². The Hall–Kier alpha value is -3.16. The molecule has 1 aromatic heterocycles. The van der Waals surface area contributed by atoms with Gasteiger partial charge in [0.15, 0.2) is 0 Å². The van der Waals surface area contributed by atoms with E-state index in [1.54, 1.807) is 12.1 Å². The topological polar surface area (TPSA) is 64.7 Å². The Morgan fingerprint density at radius 1 is 0.839 bits per heavy atom. The van der Waals surface area contributed by atoms with Crippen LogP contribution in [0.25, 0.3) is 0 Å². The average Bonchev–Trinajstić information content (AvgIpc) is 3.34. The number of urea groups is 1. The number of piperazine rings is 1. The molecule has 1 aliphatic heterocycles. The molecule has 2 aromatic carbocycles. The van der Waals surface area contributed by atoms with Gasteiger partial charge in [0, 0.05) is 44.1 Å². The molecule has 0 unspecified atom stereocenters. The van der Waals surface area contributed by atoms with Crippen molar-refractivity contribution in [2.75, 3.05) is 43.4 Å². The van der Waals surface area contributed by atoms with Crippen molar-refractivity contribution in [2.45, 2.75) is 6.42 Å². The summed E-state index contributed by atoms with van der Waals surface area (Å²) in [6, 6.07) is 21.2. The first-order chi connectivity index (χ1) is 15.2. The lowest BCUT2D eigenvalue weighted by Crippen LogP contribution is -2.50. The minimum absolute atomic E-state index is 0.107. The molecule has 0 saturated carbocycles. The number of hydrogen-bond acceptors (Lipinski definition) is 4. The van der Waals surface area contributed by atoms with Gasteiger partial charge in [-0.1, -0.05) is 42.5 Å². The first-order valence-corrected chi connectivity index (χ1v) is 11.3. The number of hydrogen-bond donors (Lipinski definition) is 2. The summed E-state index contributed by atoms with van der Waals surface area (Å²) in [5.41, 5.74) is 2.66. The van der Waals surface area contributed by atoms with Crippen LogP contribution in [-0.4, -0.2) is 54.5 Å². The zero-order valence-corrected chi connectivity index (χ0v) is 18.1. The zero-order valence-electron chi connectivity index (χ0n) is 17.3. The maximum absolute atomic E-state index is 12.7. The van der Waals surface area contributed by atoms with Crippen molar-refractivity contribution in [3.05, 3.63) is 82.6 Å². The average molecular weight is 435 g/mol. The molecule has 31 heavy (non-hydrogen) atoms. The van der Waals surface area contributed by atoms with Gasteiger partial charge in [-0.25, -0.2) is 4.79 Å². The molecule has 0 atom stereocenters. The van der Waals surface area contributed by atoms with Gasteiger partial charge in [0.2, 0.25) is 0 Å². The SMILES string of the molecule is O=C(Nc1cccc(NC(=O)N2CCN(CCc3ccccc3)CC2)c1)c1cccs1. The second kappa shape index (κ2) is 10.2. The number of carbonyl (C=O) groups is 2. The Bertz CT molecular complexity index is 999. The highest BCUT2D eigenvalue weighted by atomic mass is 32.1. The Labute approximate surface area is 186 Å². The van der Waals surface area contributed by atoms with Gasteiger partial charge >= 0.3 is 6.03 Å². The number of rotatable bonds is 6. The third-order valence-electron chi connectivity index (χ3n) is 5.34. The van der Waals surface area contributed by atoms with E-state index in [2.05, 4.69) is 39.8 Å². The summed E-state index contributed by atoms with van der Waals surface area (Å²) in [6.07, 6.45) is 1.02. The second-order valence-corrected chi connectivity index (χ2v) is 8.45. The molecular formula is C24H26N4O2S. The smallest absolute Gasteiger partial charge is 0.321 e. The molecule has 4 rings (SSSR count). The molecule has 7 heteroatoms. The number of amides is 3. The maximum Gasteiger partial charge on any atom is 0.321 e. The lowest BCUT2D eigenvalue weighted by atomic mass is 10.1. The van der Waals surface area contributed by atoms with Gasteiger partial charge in [-0.15, -0.1) is 11.3 Å². The van der Waals surface area contributed by atoms with Crippen LogP contribution in [0.4, 0.5) is 16.2 Å². The Balaban J connectivity index is 1.25. The zero-order chi connectivity index (χ0) is 21.5. The summed E-state index contributed by atoms with van der Waals surface area (Å²) >= 11 is 1.39. The van der Waals surface area contributed by atoms with Crippen LogP contribution in [0.1, 0.15) is 15.2 Å². The van der Waals surface area contributed by atoms with Crippen molar-refractivity contribution in [2.24, 2.45) is 0 Å². The standard InChI is InChI=1S/C24H26N4O2S/c29-23(22-10-5-17-31-22)25-20-8-4-9-21(18-20)26-24(30)28-15-13-27(14-16-28)12-11-19-6-2-1-3-7-19/h1-10,17-18H,11-16H2,(H,25,29)(H,26,30). The van der Waals surface area contributed by atoms with E-state index in [9.17, 15) is 9.59 Å². The van der Waals surface area contributed by atoms with E-state index < -0.39 is 0 Å². The summed E-state index contributed by atoms with van der Waals surface area (Å²) in [5.74, 6) is -0.148. The molecule has 2 N–H and O–H groups in total. The normalized spacial score (nSPS) is 14.3.